The van der Waals surface area contributed by atoms with Crippen LogP contribution in [-0.4, -0.2) is 63.2 Å². The molecule has 4 rings (SSSR count). The fraction of sp³-hybridized carbons (Fsp3) is 0.316. The second kappa shape index (κ2) is 10.7. The van der Waals surface area contributed by atoms with Crippen molar-refractivity contribution in [2.45, 2.75) is 18.3 Å². The number of β-lactam (4-membered cyclic amide) rings is 1. The van der Waals surface area contributed by atoms with Gasteiger partial charge in [-0.3, -0.25) is 19.3 Å². The predicted octanol–water partition coefficient (Wildman–Crippen LogP) is -3.29. The van der Waals surface area contributed by atoms with Crippen molar-refractivity contribution in [2.75, 3.05) is 23.8 Å². The van der Waals surface area contributed by atoms with Gasteiger partial charge in [0.25, 0.3) is 11.8 Å². The molecule has 168 valence electrons. The van der Waals surface area contributed by atoms with Crippen LogP contribution in [-0.2, 0) is 23.9 Å². The van der Waals surface area contributed by atoms with E-state index in [1.807, 2.05) is 11.5 Å². The van der Waals surface area contributed by atoms with Crippen molar-refractivity contribution >= 4 is 69.3 Å². The number of esters is 1. The molecule has 2 atom stereocenters. The van der Waals surface area contributed by atoms with Crippen LogP contribution in [0.5, 0.6) is 0 Å². The van der Waals surface area contributed by atoms with E-state index in [-0.39, 0.29) is 53.2 Å². The number of rotatable bonds is 6. The van der Waals surface area contributed by atoms with Crippen LogP contribution in [0.25, 0.3) is 5.57 Å². The molecule has 2 amide bonds. The van der Waals surface area contributed by atoms with Gasteiger partial charge >= 0.3 is 35.5 Å². The quantitative estimate of drug-likeness (QED) is 0.170. The summed E-state index contributed by atoms with van der Waals surface area (Å²) in [6, 6.07) is -0.915. The van der Waals surface area contributed by atoms with Crippen molar-refractivity contribution in [2.24, 2.45) is 0 Å². The fourth-order valence-electron chi connectivity index (χ4n) is 3.49. The molecule has 3 aliphatic heterocycles. The van der Waals surface area contributed by atoms with Gasteiger partial charge in [-0.25, -0.2) is 4.98 Å². The summed E-state index contributed by atoms with van der Waals surface area (Å²) in [6.45, 7) is 0.961. The maximum Gasteiger partial charge on any atom is 1.00 e. The van der Waals surface area contributed by atoms with Crippen LogP contribution in [0, 0.1) is 0 Å². The number of carbonyl (C=O) groups is 4. The molecule has 0 bridgehead atoms. The monoisotopic (exact) mass is 516 g/mol. The molecule has 10 nitrogen and oxygen atoms in total. The molecule has 33 heavy (non-hydrogen) atoms. The van der Waals surface area contributed by atoms with Gasteiger partial charge in [-0.1, -0.05) is 6.08 Å². The minimum absolute atomic E-state index is 0. The van der Waals surface area contributed by atoms with E-state index < -0.39 is 35.2 Å². The summed E-state index contributed by atoms with van der Waals surface area (Å²) in [4.78, 5) is 54.0. The number of thioether (sulfide) groups is 2. The van der Waals surface area contributed by atoms with E-state index in [1.165, 1.54) is 41.8 Å². The molecule has 1 aromatic heterocycles. The molecule has 14 heteroatoms. The minimum Gasteiger partial charge on any atom is -0.543 e. The van der Waals surface area contributed by atoms with Gasteiger partial charge in [0.15, 0.2) is 5.13 Å². The Balaban J connectivity index is 0.00000306. The average Bonchev–Trinajstić information content (AvgIpc) is 3.42. The Bertz CT molecular complexity index is 1110. The van der Waals surface area contributed by atoms with E-state index >= 15 is 0 Å². The number of nitrogens with two attached hydrogens (primary N) is 1. The van der Waals surface area contributed by atoms with Crippen molar-refractivity contribution < 1.29 is 58.6 Å². The van der Waals surface area contributed by atoms with Gasteiger partial charge in [0.1, 0.15) is 18.0 Å². The zero-order valence-electron chi connectivity index (χ0n) is 17.7. The first kappa shape index (κ1) is 25.8. The molecule has 1 aromatic rings. The molecule has 1 saturated heterocycles. The van der Waals surface area contributed by atoms with Gasteiger partial charge in [0.05, 0.1) is 22.9 Å². The van der Waals surface area contributed by atoms with Crippen molar-refractivity contribution in [3.63, 3.8) is 0 Å². The number of hydrogen-bond acceptors (Lipinski definition) is 11. The molecule has 3 N–H and O–H groups in total. The summed E-state index contributed by atoms with van der Waals surface area (Å²) in [5, 5.41) is 17.7. The van der Waals surface area contributed by atoms with Gasteiger partial charge in [-0.15, -0.1) is 34.9 Å². The third-order valence-electron chi connectivity index (χ3n) is 4.91. The number of anilines is 1. The average molecular weight is 517 g/mol. The number of aromatic nitrogens is 1. The SMILES string of the molecule is CC(=O)OCC1=C(C(=O)[O-])N2C(=O)C(NC(=O)/C(=C3\C=CSC3)c3csc(N)n3)[C@H]2SC1.[Na+]. The number of amides is 2. The second-order valence-electron chi connectivity index (χ2n) is 6.97. The normalized spacial score (nSPS) is 22.8. The molecule has 0 aliphatic carbocycles. The molecule has 0 radical (unpaired) electrons. The number of nitrogen functional groups attached to an aromatic ring is 1. The largest absolute Gasteiger partial charge is 1.00 e. The number of fused-ring (bicyclic) bond motifs is 1. The molecule has 0 aromatic carbocycles. The Morgan fingerprint density at radius 1 is 1.36 bits per heavy atom. The van der Waals surface area contributed by atoms with Crippen LogP contribution in [0.2, 0.25) is 0 Å². The van der Waals surface area contributed by atoms with E-state index in [9.17, 15) is 24.3 Å². The summed E-state index contributed by atoms with van der Waals surface area (Å²) in [5.41, 5.74) is 7.20. The van der Waals surface area contributed by atoms with Gasteiger partial charge < -0.3 is 25.7 Å². The number of allylic oxidation sites excluding steroid dienone is 1. The molecule has 1 fully saturated rings. The van der Waals surface area contributed by atoms with Crippen molar-refractivity contribution in [1.29, 1.82) is 0 Å². The third kappa shape index (κ3) is 5.17. The number of aliphatic carboxylic acids is 1. The van der Waals surface area contributed by atoms with Gasteiger partial charge in [-0.05, 0) is 11.0 Å². The molecule has 3 aliphatic rings. The smallest absolute Gasteiger partial charge is 0.543 e. The van der Waals surface area contributed by atoms with Crippen molar-refractivity contribution in [3.8, 4) is 0 Å². The second-order valence-corrected chi connectivity index (χ2v) is 9.85. The Kier molecular flexibility index (Phi) is 8.35. The number of nitrogens with one attached hydrogen (secondary N) is 1. The number of thiazole rings is 1. The van der Waals surface area contributed by atoms with Crippen molar-refractivity contribution in [3.05, 3.63) is 39.4 Å². The van der Waals surface area contributed by atoms with Gasteiger partial charge in [0.2, 0.25) is 0 Å². The first-order valence-electron chi connectivity index (χ1n) is 9.33. The molecular weight excluding hydrogens is 499 g/mol. The number of carbonyl (C=O) groups excluding carboxylic acids is 4. The number of carboxylic acid groups (broad SMARTS) is 1. The van der Waals surface area contributed by atoms with Crippen LogP contribution >= 0.6 is 34.9 Å². The zero-order chi connectivity index (χ0) is 23.0. The zero-order valence-corrected chi connectivity index (χ0v) is 22.1. The topological polar surface area (TPSA) is 155 Å². The molecule has 0 saturated carbocycles. The molecule has 1 unspecified atom stereocenters. The van der Waals surface area contributed by atoms with E-state index in [0.717, 1.165) is 10.5 Å². The minimum atomic E-state index is -1.54. The number of carboxylic acids is 1. The van der Waals surface area contributed by atoms with Gasteiger partial charge in [-0.2, -0.15) is 0 Å². The van der Waals surface area contributed by atoms with Crippen LogP contribution in [0.3, 0.4) is 0 Å². The summed E-state index contributed by atoms with van der Waals surface area (Å²) in [5.74, 6) is -2.36. The summed E-state index contributed by atoms with van der Waals surface area (Å²) in [7, 11) is 0. The molecule has 4 heterocycles. The Morgan fingerprint density at radius 2 is 2.12 bits per heavy atom. The summed E-state index contributed by atoms with van der Waals surface area (Å²) < 4.78 is 4.90. The Hall–Kier alpha value is -1.77. The number of hydrogen-bond donors (Lipinski definition) is 2. The fourth-order valence-corrected chi connectivity index (χ4v) is 6.14. The van der Waals surface area contributed by atoms with Gasteiger partial charge in [0, 0.05) is 29.4 Å². The maximum absolute atomic E-state index is 13.2. The van der Waals surface area contributed by atoms with Crippen LogP contribution in [0.4, 0.5) is 5.13 Å². The van der Waals surface area contributed by atoms with E-state index in [2.05, 4.69) is 10.3 Å². The summed E-state index contributed by atoms with van der Waals surface area (Å²) in [6.07, 6.45) is 1.82. The van der Waals surface area contributed by atoms with E-state index in [4.69, 9.17) is 10.5 Å². The number of nitrogens with zero attached hydrogens (tertiary/aromatic N) is 2. The molecule has 0 spiro atoms. The third-order valence-corrected chi connectivity index (χ3v) is 7.73. The first-order chi connectivity index (χ1) is 15.3. The van der Waals surface area contributed by atoms with E-state index in [0.29, 0.717) is 22.2 Å². The van der Waals surface area contributed by atoms with Crippen LogP contribution < -0.4 is 45.7 Å². The Morgan fingerprint density at radius 3 is 2.70 bits per heavy atom. The maximum atomic E-state index is 13.2. The predicted molar refractivity (Wildman–Crippen MR) is 119 cm³/mol. The van der Waals surface area contributed by atoms with Crippen LogP contribution in [0.1, 0.15) is 12.6 Å². The standard InChI is InChI=1S/C19H18N4O6S3.Na/c1-8(24)29-4-10-6-31-17-13(16(26)23(17)14(10)18(27)28)22-15(25)12(9-2-3-30-5-9)11-7-32-19(20)21-11;/h2-3,7,13,17H,4-6H2,1H3,(H2,20,21)(H,22,25)(H,27,28);/q;+1/p-1/b12-9+;/t13?,17-;/m1./s1. The summed E-state index contributed by atoms with van der Waals surface area (Å²) >= 11 is 4.01. The van der Waals surface area contributed by atoms with Crippen molar-refractivity contribution in [1.82, 2.24) is 15.2 Å². The van der Waals surface area contributed by atoms with Crippen LogP contribution in [0.15, 0.2) is 33.7 Å². The number of ether oxygens (including phenoxy) is 1. The molecular formula is C19H17N4NaO6S3. The first-order valence-corrected chi connectivity index (χ1v) is 12.3. The van der Waals surface area contributed by atoms with E-state index in [1.54, 1.807) is 5.38 Å². The Labute approximate surface area is 223 Å².